The van der Waals surface area contributed by atoms with Crippen molar-refractivity contribution >= 4 is 17.8 Å². The number of methoxy groups -OCH3 is 2. The van der Waals surface area contributed by atoms with E-state index in [4.69, 9.17) is 18.9 Å². The van der Waals surface area contributed by atoms with E-state index >= 15 is 0 Å². The van der Waals surface area contributed by atoms with Gasteiger partial charge in [0, 0.05) is 25.1 Å². The summed E-state index contributed by atoms with van der Waals surface area (Å²) in [5.41, 5.74) is 0.704. The van der Waals surface area contributed by atoms with Gasteiger partial charge in [-0.25, -0.2) is 4.79 Å². The van der Waals surface area contributed by atoms with Crippen LogP contribution in [0, 0.1) is 0 Å². The van der Waals surface area contributed by atoms with Gasteiger partial charge in [0.25, 0.3) is 0 Å². The maximum Gasteiger partial charge on any atom is 0.344 e. The van der Waals surface area contributed by atoms with Crippen molar-refractivity contribution in [3.05, 3.63) is 23.3 Å². The third-order valence-electron chi connectivity index (χ3n) is 5.61. The maximum absolute atomic E-state index is 12.8. The number of rotatable bonds is 6. The summed E-state index contributed by atoms with van der Waals surface area (Å²) in [4.78, 5) is 39.3. The Balaban J connectivity index is 1.58. The Morgan fingerprint density at radius 3 is 2.76 bits per heavy atom. The largest absolute Gasteiger partial charge is 0.493 e. The molecule has 0 aromatic heterocycles. The number of hydrogen-bond donors (Lipinski definition) is 1. The summed E-state index contributed by atoms with van der Waals surface area (Å²) in [7, 11) is 2.90. The highest BCUT2D eigenvalue weighted by molar-refractivity contribution is 5.99. The lowest BCUT2D eigenvalue weighted by Crippen LogP contribution is -2.47. The lowest BCUT2D eigenvalue weighted by atomic mass is 10.1. The molecule has 2 amide bonds. The lowest BCUT2D eigenvalue weighted by Gasteiger charge is -2.29. The first-order chi connectivity index (χ1) is 14.0. The smallest absolute Gasteiger partial charge is 0.344 e. The third kappa shape index (κ3) is 3.39. The molecule has 1 aromatic carbocycles. The van der Waals surface area contributed by atoms with E-state index in [-0.39, 0.29) is 35.7 Å². The zero-order valence-electron chi connectivity index (χ0n) is 16.4. The third-order valence-corrected chi connectivity index (χ3v) is 5.61. The molecule has 2 fully saturated rings. The van der Waals surface area contributed by atoms with Crippen LogP contribution in [0.3, 0.4) is 0 Å². The Morgan fingerprint density at radius 1 is 1.24 bits per heavy atom. The fourth-order valence-corrected chi connectivity index (χ4v) is 4.18. The van der Waals surface area contributed by atoms with E-state index in [1.54, 1.807) is 12.1 Å². The molecule has 0 radical (unpaired) electrons. The number of ether oxygens (including phenoxy) is 4. The molecule has 3 aliphatic rings. The van der Waals surface area contributed by atoms with Gasteiger partial charge in [-0.2, -0.15) is 0 Å². The number of cyclic esters (lactones) is 1. The molecular weight excluding hydrogens is 380 g/mol. The van der Waals surface area contributed by atoms with Crippen molar-refractivity contribution in [2.24, 2.45) is 0 Å². The van der Waals surface area contributed by atoms with E-state index in [1.165, 1.54) is 19.1 Å². The molecular formula is C20H24N2O7. The molecule has 3 atom stereocenters. The summed E-state index contributed by atoms with van der Waals surface area (Å²) in [5, 5.41) is 2.87. The highest BCUT2D eigenvalue weighted by Gasteiger charge is 2.47. The molecule has 0 bridgehead atoms. The molecule has 3 aliphatic heterocycles. The molecule has 29 heavy (non-hydrogen) atoms. The number of amides is 2. The van der Waals surface area contributed by atoms with Gasteiger partial charge in [0.2, 0.25) is 18.0 Å². The van der Waals surface area contributed by atoms with Gasteiger partial charge in [0.05, 0.1) is 20.3 Å². The van der Waals surface area contributed by atoms with Crippen LogP contribution in [0.15, 0.2) is 12.1 Å². The second-order valence-electron chi connectivity index (χ2n) is 7.26. The summed E-state index contributed by atoms with van der Waals surface area (Å²) < 4.78 is 21.6. The Hall–Kier alpha value is -2.81. The highest BCUT2D eigenvalue weighted by atomic mass is 16.6. The molecule has 0 spiro atoms. The molecule has 9 heteroatoms. The Bertz CT molecular complexity index is 834. The zero-order valence-corrected chi connectivity index (χ0v) is 16.4. The van der Waals surface area contributed by atoms with E-state index < -0.39 is 18.2 Å². The summed E-state index contributed by atoms with van der Waals surface area (Å²) in [5.74, 6) is -0.469. The Morgan fingerprint density at radius 2 is 2.07 bits per heavy atom. The maximum atomic E-state index is 12.8. The molecule has 4 rings (SSSR count). The fourth-order valence-electron chi connectivity index (χ4n) is 4.18. The molecule has 156 valence electrons. The molecule has 3 heterocycles. The molecule has 0 saturated carbocycles. The van der Waals surface area contributed by atoms with Gasteiger partial charge in [-0.05, 0) is 31.4 Å². The first-order valence-electron chi connectivity index (χ1n) is 9.71. The van der Waals surface area contributed by atoms with Crippen LogP contribution in [0.2, 0.25) is 0 Å². The van der Waals surface area contributed by atoms with Gasteiger partial charge in [-0.3, -0.25) is 14.5 Å². The van der Waals surface area contributed by atoms with Crippen LogP contribution >= 0.6 is 0 Å². The van der Waals surface area contributed by atoms with Gasteiger partial charge in [0.1, 0.15) is 11.6 Å². The van der Waals surface area contributed by atoms with Gasteiger partial charge >= 0.3 is 5.97 Å². The fraction of sp³-hybridized carbons (Fsp3) is 0.550. The summed E-state index contributed by atoms with van der Waals surface area (Å²) in [6, 6.07) is 2.61. The molecule has 0 aliphatic carbocycles. The number of fused-ring (bicyclic) bond motifs is 1. The minimum absolute atomic E-state index is 0.00580. The summed E-state index contributed by atoms with van der Waals surface area (Å²) in [6.45, 7) is 1.11. The van der Waals surface area contributed by atoms with Gasteiger partial charge in [-0.15, -0.1) is 0 Å². The van der Waals surface area contributed by atoms with Gasteiger partial charge < -0.3 is 24.3 Å². The first kappa shape index (κ1) is 19.5. The number of nitrogens with one attached hydrogen (secondary N) is 1. The normalized spacial score (nSPS) is 25.7. The lowest BCUT2D eigenvalue weighted by molar-refractivity contribution is -0.145. The number of likely N-dealkylation sites (tertiary alicyclic amines) is 1. The summed E-state index contributed by atoms with van der Waals surface area (Å²) >= 11 is 0. The van der Waals surface area contributed by atoms with Crippen molar-refractivity contribution < 1.29 is 33.3 Å². The number of carbonyl (C=O) groups excluding carboxylic acids is 3. The number of benzene rings is 1. The van der Waals surface area contributed by atoms with Crippen LogP contribution in [-0.2, 0) is 19.1 Å². The summed E-state index contributed by atoms with van der Waals surface area (Å²) in [6.07, 6.45) is 1.51. The van der Waals surface area contributed by atoms with Crippen LogP contribution in [0.4, 0.5) is 0 Å². The number of hydrogen-bond acceptors (Lipinski definition) is 7. The van der Waals surface area contributed by atoms with E-state index in [0.29, 0.717) is 30.9 Å². The van der Waals surface area contributed by atoms with Gasteiger partial charge in [0.15, 0.2) is 11.5 Å². The van der Waals surface area contributed by atoms with E-state index in [9.17, 15) is 14.4 Å². The average Bonchev–Trinajstić information content (AvgIpc) is 3.45. The number of esters is 1. The van der Waals surface area contributed by atoms with Gasteiger partial charge in [-0.1, -0.05) is 0 Å². The predicted molar refractivity (Wildman–Crippen MR) is 99.6 cm³/mol. The number of carbonyl (C=O) groups is 3. The molecule has 1 N–H and O–H groups in total. The molecule has 2 saturated heterocycles. The predicted octanol–water partition coefficient (Wildman–Crippen LogP) is 1.16. The Labute approximate surface area is 168 Å². The molecule has 1 aromatic rings. The monoisotopic (exact) mass is 404 g/mol. The van der Waals surface area contributed by atoms with Crippen molar-refractivity contribution in [2.75, 3.05) is 27.4 Å². The zero-order chi connectivity index (χ0) is 20.5. The van der Waals surface area contributed by atoms with Crippen LogP contribution in [0.5, 0.6) is 11.5 Å². The molecule has 0 unspecified atom stereocenters. The van der Waals surface area contributed by atoms with E-state index in [1.807, 2.05) is 0 Å². The average molecular weight is 404 g/mol. The minimum Gasteiger partial charge on any atom is -0.493 e. The van der Waals surface area contributed by atoms with Crippen LogP contribution in [0.25, 0.3) is 0 Å². The standard InChI is InChI=1S/C20H24N2O7/c1-26-14-7-5-12-16(17(14)27-2)20(25)29-19(12)22-13(6-8-15(22)23)18(24)21-10-11-4-3-9-28-11/h5,7,11,13,19H,3-4,6,8-10H2,1-2H3,(H,21,24)/t11-,13-,19-/m0/s1. The topological polar surface area (TPSA) is 103 Å². The van der Waals surface area contributed by atoms with E-state index in [0.717, 1.165) is 12.8 Å². The van der Waals surface area contributed by atoms with Crippen molar-refractivity contribution in [3.63, 3.8) is 0 Å². The van der Waals surface area contributed by atoms with Crippen molar-refractivity contribution in [1.29, 1.82) is 0 Å². The van der Waals surface area contributed by atoms with Crippen molar-refractivity contribution in [1.82, 2.24) is 10.2 Å². The van der Waals surface area contributed by atoms with E-state index in [2.05, 4.69) is 5.32 Å². The SMILES string of the molecule is COc1ccc2c(c1OC)C(=O)O[C@@H]2N1C(=O)CC[C@H]1C(=O)NC[C@@H]1CCCO1. The van der Waals surface area contributed by atoms with Crippen molar-refractivity contribution in [3.8, 4) is 11.5 Å². The van der Waals surface area contributed by atoms with Crippen LogP contribution in [-0.4, -0.2) is 62.2 Å². The van der Waals surface area contributed by atoms with Crippen LogP contribution < -0.4 is 14.8 Å². The van der Waals surface area contributed by atoms with Crippen LogP contribution in [0.1, 0.15) is 47.8 Å². The highest BCUT2D eigenvalue weighted by Crippen LogP contribution is 2.45. The molecule has 9 nitrogen and oxygen atoms in total. The first-order valence-corrected chi connectivity index (χ1v) is 9.71. The number of nitrogens with zero attached hydrogens (tertiary/aromatic N) is 1. The minimum atomic E-state index is -0.967. The quantitative estimate of drug-likeness (QED) is 0.710. The second kappa shape index (κ2) is 7.90. The second-order valence-corrected chi connectivity index (χ2v) is 7.26. The van der Waals surface area contributed by atoms with Crippen molar-refractivity contribution in [2.45, 2.75) is 44.1 Å². The Kier molecular flexibility index (Phi) is 5.31.